The van der Waals surface area contributed by atoms with Crippen molar-refractivity contribution < 1.29 is 14.2 Å². The first-order valence-electron chi connectivity index (χ1n) is 8.22. The van der Waals surface area contributed by atoms with E-state index in [0.29, 0.717) is 28.2 Å². The number of nitrogens with zero attached hydrogens (tertiary/aromatic N) is 2. The molecule has 2 aromatic carbocycles. The molecule has 0 amide bonds. The number of hydrogen-bond donors (Lipinski definition) is 2. The Morgan fingerprint density at radius 2 is 1.78 bits per heavy atom. The lowest BCUT2D eigenvalue weighted by Crippen LogP contribution is -2.00. The summed E-state index contributed by atoms with van der Waals surface area (Å²) >= 11 is 6.16. The van der Waals surface area contributed by atoms with Crippen LogP contribution in [0.2, 0.25) is 5.02 Å². The van der Waals surface area contributed by atoms with Gasteiger partial charge in [0.05, 0.1) is 12.8 Å². The van der Waals surface area contributed by atoms with Crippen LogP contribution in [0.1, 0.15) is 5.56 Å². The summed E-state index contributed by atoms with van der Waals surface area (Å²) in [6.45, 7) is 2.17. The van der Waals surface area contributed by atoms with E-state index in [1.807, 2.05) is 31.2 Å². The molecule has 0 unspecified atom stereocenters. The van der Waals surface area contributed by atoms with E-state index in [1.54, 1.807) is 19.2 Å². The fraction of sp³-hybridized carbons (Fsp3) is 0.158. The van der Waals surface area contributed by atoms with Gasteiger partial charge in [-0.15, -0.1) is 0 Å². The van der Waals surface area contributed by atoms with Crippen LogP contribution in [0, 0.1) is 6.92 Å². The third-order valence-electron chi connectivity index (χ3n) is 4.06. The maximum Gasteiger partial charge on any atom is 0.231 e. The summed E-state index contributed by atoms with van der Waals surface area (Å²) in [5.41, 5.74) is 2.55. The van der Waals surface area contributed by atoms with Gasteiger partial charge < -0.3 is 24.8 Å². The van der Waals surface area contributed by atoms with E-state index in [0.717, 1.165) is 22.7 Å². The zero-order valence-corrected chi connectivity index (χ0v) is 15.5. The molecule has 0 saturated carbocycles. The first-order chi connectivity index (χ1) is 13.1. The number of aryl methyl sites for hydroxylation is 1. The van der Waals surface area contributed by atoms with Gasteiger partial charge in [-0.3, -0.25) is 0 Å². The number of nitrogens with one attached hydrogen (secondary N) is 2. The highest BCUT2D eigenvalue weighted by Crippen LogP contribution is 2.35. The van der Waals surface area contributed by atoms with E-state index in [-0.39, 0.29) is 6.79 Å². The third kappa shape index (κ3) is 3.68. The fourth-order valence-corrected chi connectivity index (χ4v) is 2.84. The number of methoxy groups -OCH3 is 1. The van der Waals surface area contributed by atoms with Gasteiger partial charge in [0.25, 0.3) is 0 Å². The summed E-state index contributed by atoms with van der Waals surface area (Å²) in [5, 5.41) is 7.11. The van der Waals surface area contributed by atoms with Crippen molar-refractivity contribution in [1.82, 2.24) is 9.97 Å². The minimum atomic E-state index is 0.239. The summed E-state index contributed by atoms with van der Waals surface area (Å²) in [6, 6.07) is 11.1. The first-order valence-corrected chi connectivity index (χ1v) is 8.60. The molecule has 27 heavy (non-hydrogen) atoms. The van der Waals surface area contributed by atoms with Gasteiger partial charge in [-0.1, -0.05) is 11.6 Å². The number of hydrogen-bond acceptors (Lipinski definition) is 7. The number of aromatic nitrogens is 2. The molecule has 0 spiro atoms. The Labute approximate surface area is 161 Å². The van der Waals surface area contributed by atoms with Crippen molar-refractivity contribution in [3.63, 3.8) is 0 Å². The normalized spacial score (nSPS) is 12.0. The van der Waals surface area contributed by atoms with Crippen LogP contribution in [0.15, 0.2) is 42.7 Å². The van der Waals surface area contributed by atoms with Crippen molar-refractivity contribution in [3.05, 3.63) is 53.3 Å². The van der Waals surface area contributed by atoms with E-state index in [4.69, 9.17) is 25.8 Å². The quantitative estimate of drug-likeness (QED) is 0.662. The third-order valence-corrected chi connectivity index (χ3v) is 4.46. The second-order valence-corrected chi connectivity index (χ2v) is 6.32. The predicted octanol–water partition coefficient (Wildman–Crippen LogP) is 4.66. The molecule has 2 heterocycles. The van der Waals surface area contributed by atoms with Crippen LogP contribution in [0.3, 0.4) is 0 Å². The number of halogens is 1. The minimum Gasteiger partial charge on any atom is -0.495 e. The molecule has 1 aliphatic rings. The minimum absolute atomic E-state index is 0.239. The Kier molecular flexibility index (Phi) is 4.60. The van der Waals surface area contributed by atoms with Gasteiger partial charge in [-0.25, -0.2) is 9.97 Å². The highest BCUT2D eigenvalue weighted by molar-refractivity contribution is 6.31. The number of ether oxygens (including phenoxy) is 3. The van der Waals surface area contributed by atoms with Crippen molar-refractivity contribution in [3.8, 4) is 17.2 Å². The van der Waals surface area contributed by atoms with E-state index in [2.05, 4.69) is 20.6 Å². The molecule has 0 aliphatic carbocycles. The topological polar surface area (TPSA) is 77.5 Å². The molecular weight excluding hydrogens is 368 g/mol. The van der Waals surface area contributed by atoms with Crippen LogP contribution in [0.5, 0.6) is 17.2 Å². The largest absolute Gasteiger partial charge is 0.495 e. The molecule has 8 heteroatoms. The lowest BCUT2D eigenvalue weighted by atomic mass is 10.2. The average molecular weight is 385 g/mol. The van der Waals surface area contributed by atoms with Crippen LogP contribution in [0.4, 0.5) is 23.0 Å². The van der Waals surface area contributed by atoms with Gasteiger partial charge in [0.2, 0.25) is 6.79 Å². The van der Waals surface area contributed by atoms with E-state index < -0.39 is 0 Å². The average Bonchev–Trinajstić information content (AvgIpc) is 3.12. The van der Waals surface area contributed by atoms with Gasteiger partial charge in [0, 0.05) is 28.9 Å². The van der Waals surface area contributed by atoms with Crippen LogP contribution in [0.25, 0.3) is 0 Å². The summed E-state index contributed by atoms with van der Waals surface area (Å²) in [7, 11) is 1.60. The zero-order valence-electron chi connectivity index (χ0n) is 14.7. The van der Waals surface area contributed by atoms with Crippen LogP contribution in [-0.2, 0) is 0 Å². The molecular formula is C19H17ClN4O3. The van der Waals surface area contributed by atoms with Gasteiger partial charge in [-0.05, 0) is 30.7 Å². The molecule has 0 fully saturated rings. The fourth-order valence-electron chi connectivity index (χ4n) is 2.68. The zero-order chi connectivity index (χ0) is 18.8. The van der Waals surface area contributed by atoms with Crippen LogP contribution in [-0.4, -0.2) is 23.9 Å². The lowest BCUT2D eigenvalue weighted by molar-refractivity contribution is 0.174. The standard InChI is InChI=1S/C19H17ClN4O3/c1-11-5-14(16(25-2)7-13(11)20)24-19-8-18(21-9-22-19)23-12-3-4-15-17(6-12)27-10-26-15/h3-9H,10H2,1-2H3,(H2,21,22,23,24). The van der Waals surface area contributed by atoms with Crippen LogP contribution >= 0.6 is 11.6 Å². The Balaban J connectivity index is 1.55. The number of anilines is 4. The predicted molar refractivity (Wildman–Crippen MR) is 104 cm³/mol. The molecule has 4 rings (SSSR count). The Hall–Kier alpha value is -3.19. The second kappa shape index (κ2) is 7.20. The molecule has 0 bridgehead atoms. The van der Waals surface area contributed by atoms with Crippen molar-refractivity contribution >= 4 is 34.6 Å². The molecule has 0 saturated heterocycles. The van der Waals surface area contributed by atoms with Crippen LogP contribution < -0.4 is 24.8 Å². The number of rotatable bonds is 5. The molecule has 2 N–H and O–H groups in total. The lowest BCUT2D eigenvalue weighted by Gasteiger charge is -2.13. The van der Waals surface area contributed by atoms with E-state index >= 15 is 0 Å². The highest BCUT2D eigenvalue weighted by atomic mass is 35.5. The van der Waals surface area contributed by atoms with Crippen molar-refractivity contribution in [2.45, 2.75) is 6.92 Å². The monoisotopic (exact) mass is 384 g/mol. The van der Waals surface area contributed by atoms with Gasteiger partial charge in [0.1, 0.15) is 23.7 Å². The maximum atomic E-state index is 6.16. The molecule has 1 aromatic heterocycles. The SMILES string of the molecule is COc1cc(Cl)c(C)cc1Nc1cc(Nc2ccc3c(c2)OCO3)ncn1. The second-order valence-electron chi connectivity index (χ2n) is 5.91. The Morgan fingerprint density at radius 1 is 1.00 bits per heavy atom. The molecule has 3 aromatic rings. The first kappa shape index (κ1) is 17.2. The van der Waals surface area contributed by atoms with E-state index in [9.17, 15) is 0 Å². The summed E-state index contributed by atoms with van der Waals surface area (Å²) in [4.78, 5) is 8.52. The molecule has 0 atom stereocenters. The molecule has 7 nitrogen and oxygen atoms in total. The molecule has 138 valence electrons. The summed E-state index contributed by atoms with van der Waals surface area (Å²) < 4.78 is 16.1. The van der Waals surface area contributed by atoms with Gasteiger partial charge >= 0.3 is 0 Å². The number of benzene rings is 2. The Bertz CT molecular complexity index is 997. The molecule has 1 aliphatic heterocycles. The number of fused-ring (bicyclic) bond motifs is 1. The van der Waals surface area contributed by atoms with Gasteiger partial charge in [0.15, 0.2) is 11.5 Å². The highest BCUT2D eigenvalue weighted by Gasteiger charge is 2.14. The molecule has 0 radical (unpaired) electrons. The smallest absolute Gasteiger partial charge is 0.231 e. The van der Waals surface area contributed by atoms with Crippen molar-refractivity contribution in [1.29, 1.82) is 0 Å². The van der Waals surface area contributed by atoms with Crippen molar-refractivity contribution in [2.75, 3.05) is 24.5 Å². The van der Waals surface area contributed by atoms with E-state index in [1.165, 1.54) is 6.33 Å². The maximum absolute atomic E-state index is 6.16. The summed E-state index contributed by atoms with van der Waals surface area (Å²) in [6.07, 6.45) is 1.48. The summed E-state index contributed by atoms with van der Waals surface area (Å²) in [5.74, 6) is 3.32. The van der Waals surface area contributed by atoms with Gasteiger partial charge in [-0.2, -0.15) is 0 Å². The van der Waals surface area contributed by atoms with Crippen molar-refractivity contribution in [2.24, 2.45) is 0 Å². The Morgan fingerprint density at radius 3 is 2.59 bits per heavy atom.